The van der Waals surface area contributed by atoms with Crippen LogP contribution in [0.4, 0.5) is 0 Å². The zero-order valence-corrected chi connectivity index (χ0v) is 12.3. The van der Waals surface area contributed by atoms with Gasteiger partial charge in [0.15, 0.2) is 0 Å². The average Bonchev–Trinajstić information content (AvgIpc) is 3.28. The maximum atomic E-state index is 9.55. The standard InChI is InChI=1S/C15H27N3O/c1-3-9-19-14-5-4-8-18(10-14)12-15(11-16,17-2)13-6-7-13/h13-14,17H,3-10,12H2,1-2H3. The van der Waals surface area contributed by atoms with Crippen molar-refractivity contribution < 1.29 is 4.74 Å². The van der Waals surface area contributed by atoms with Gasteiger partial charge in [0.1, 0.15) is 5.54 Å². The first-order valence-corrected chi connectivity index (χ1v) is 7.68. The molecule has 1 heterocycles. The topological polar surface area (TPSA) is 48.3 Å². The summed E-state index contributed by atoms with van der Waals surface area (Å²) < 4.78 is 5.88. The summed E-state index contributed by atoms with van der Waals surface area (Å²) in [6.07, 6.45) is 6.18. The Hall–Kier alpha value is -0.630. The quantitative estimate of drug-likeness (QED) is 0.762. The van der Waals surface area contributed by atoms with Crippen molar-refractivity contribution in [1.82, 2.24) is 10.2 Å². The Balaban J connectivity index is 1.88. The average molecular weight is 265 g/mol. The van der Waals surface area contributed by atoms with E-state index in [1.165, 1.54) is 25.7 Å². The molecule has 0 amide bonds. The number of hydrogen-bond acceptors (Lipinski definition) is 4. The Kier molecular flexibility index (Phi) is 5.20. The molecule has 2 fully saturated rings. The molecular formula is C15H27N3O. The number of likely N-dealkylation sites (N-methyl/N-ethyl adjacent to an activating group) is 1. The molecule has 4 nitrogen and oxygen atoms in total. The van der Waals surface area contributed by atoms with Crippen molar-refractivity contribution in [3.63, 3.8) is 0 Å². The van der Waals surface area contributed by atoms with Crippen molar-refractivity contribution >= 4 is 0 Å². The molecule has 2 unspecified atom stereocenters. The first-order chi connectivity index (χ1) is 9.24. The molecule has 0 radical (unpaired) electrons. The normalized spacial score (nSPS) is 27.7. The summed E-state index contributed by atoms with van der Waals surface area (Å²) in [4.78, 5) is 2.42. The summed E-state index contributed by atoms with van der Waals surface area (Å²) in [7, 11) is 1.93. The maximum absolute atomic E-state index is 9.55. The predicted octanol–water partition coefficient (Wildman–Crippen LogP) is 1.77. The number of nitrogens with zero attached hydrogens (tertiary/aromatic N) is 2. The Morgan fingerprint density at radius 2 is 2.21 bits per heavy atom. The maximum Gasteiger partial charge on any atom is 0.122 e. The van der Waals surface area contributed by atoms with Gasteiger partial charge in [-0.2, -0.15) is 5.26 Å². The first kappa shape index (κ1) is 14.8. The molecule has 4 heteroatoms. The fourth-order valence-electron chi connectivity index (χ4n) is 3.10. The predicted molar refractivity (Wildman–Crippen MR) is 75.8 cm³/mol. The smallest absolute Gasteiger partial charge is 0.122 e. The van der Waals surface area contributed by atoms with Gasteiger partial charge >= 0.3 is 0 Å². The largest absolute Gasteiger partial charge is 0.377 e. The van der Waals surface area contributed by atoms with E-state index < -0.39 is 0 Å². The van der Waals surface area contributed by atoms with Crippen LogP contribution in [0.15, 0.2) is 0 Å². The summed E-state index contributed by atoms with van der Waals surface area (Å²) >= 11 is 0. The van der Waals surface area contributed by atoms with Crippen LogP contribution in [0.1, 0.15) is 39.0 Å². The van der Waals surface area contributed by atoms with E-state index in [0.717, 1.165) is 32.7 Å². The van der Waals surface area contributed by atoms with E-state index >= 15 is 0 Å². The summed E-state index contributed by atoms with van der Waals surface area (Å²) in [6.45, 7) is 5.93. The van der Waals surface area contributed by atoms with Gasteiger partial charge < -0.3 is 10.1 Å². The van der Waals surface area contributed by atoms with Crippen molar-refractivity contribution in [2.45, 2.75) is 50.7 Å². The molecule has 2 rings (SSSR count). The van der Waals surface area contributed by atoms with Crippen molar-refractivity contribution in [3.05, 3.63) is 0 Å². The highest BCUT2D eigenvalue weighted by atomic mass is 16.5. The molecule has 108 valence electrons. The molecule has 2 atom stereocenters. The number of likely N-dealkylation sites (tertiary alicyclic amines) is 1. The SMILES string of the molecule is CCCOC1CCCN(CC(C#N)(NC)C2CC2)C1. The summed E-state index contributed by atoms with van der Waals surface area (Å²) in [5.74, 6) is 0.541. The molecule has 0 bridgehead atoms. The van der Waals surface area contributed by atoms with Crippen LogP contribution in [-0.4, -0.2) is 49.8 Å². The van der Waals surface area contributed by atoms with E-state index in [1.807, 2.05) is 7.05 Å². The second-order valence-electron chi connectivity index (χ2n) is 5.98. The van der Waals surface area contributed by atoms with Crippen LogP contribution in [0, 0.1) is 17.2 Å². The highest BCUT2D eigenvalue weighted by Gasteiger charge is 2.46. The van der Waals surface area contributed by atoms with Crippen LogP contribution in [0.25, 0.3) is 0 Å². The van der Waals surface area contributed by atoms with E-state index in [1.54, 1.807) is 0 Å². The third-order valence-corrected chi connectivity index (χ3v) is 4.41. The lowest BCUT2D eigenvalue weighted by molar-refractivity contribution is -0.00546. The molecule has 1 saturated heterocycles. The fourth-order valence-corrected chi connectivity index (χ4v) is 3.10. The molecular weight excluding hydrogens is 238 g/mol. The monoisotopic (exact) mass is 265 g/mol. The third kappa shape index (κ3) is 3.68. The number of ether oxygens (including phenoxy) is 1. The van der Waals surface area contributed by atoms with Gasteiger partial charge in [0.2, 0.25) is 0 Å². The molecule has 0 aromatic carbocycles. The highest BCUT2D eigenvalue weighted by molar-refractivity contribution is 5.16. The lowest BCUT2D eigenvalue weighted by Gasteiger charge is -2.38. The van der Waals surface area contributed by atoms with Gasteiger partial charge in [0.05, 0.1) is 12.2 Å². The van der Waals surface area contributed by atoms with Crippen LogP contribution in [-0.2, 0) is 4.74 Å². The van der Waals surface area contributed by atoms with Crippen molar-refractivity contribution in [3.8, 4) is 6.07 Å². The Morgan fingerprint density at radius 3 is 2.79 bits per heavy atom. The van der Waals surface area contributed by atoms with Gasteiger partial charge in [-0.3, -0.25) is 4.90 Å². The van der Waals surface area contributed by atoms with Crippen LogP contribution >= 0.6 is 0 Å². The number of nitriles is 1. The minimum Gasteiger partial charge on any atom is -0.377 e. The molecule has 1 saturated carbocycles. The van der Waals surface area contributed by atoms with Crippen molar-refractivity contribution in [2.75, 3.05) is 33.3 Å². The fraction of sp³-hybridized carbons (Fsp3) is 0.933. The summed E-state index contributed by atoms with van der Waals surface area (Å²) in [5.41, 5.74) is -0.341. The third-order valence-electron chi connectivity index (χ3n) is 4.41. The van der Waals surface area contributed by atoms with E-state index in [0.29, 0.717) is 12.0 Å². The molecule has 0 spiro atoms. The van der Waals surface area contributed by atoms with Gasteiger partial charge in [0, 0.05) is 19.7 Å². The number of nitrogens with one attached hydrogen (secondary N) is 1. The van der Waals surface area contributed by atoms with Gasteiger partial charge in [-0.1, -0.05) is 6.92 Å². The van der Waals surface area contributed by atoms with E-state index in [2.05, 4.69) is 23.2 Å². The Bertz CT molecular complexity index is 324. The first-order valence-electron chi connectivity index (χ1n) is 7.68. The van der Waals surface area contributed by atoms with Crippen LogP contribution < -0.4 is 5.32 Å². The zero-order chi connectivity index (χ0) is 13.7. The molecule has 2 aliphatic rings. The zero-order valence-electron chi connectivity index (χ0n) is 12.3. The minimum atomic E-state index is -0.341. The van der Waals surface area contributed by atoms with Gasteiger partial charge in [0.25, 0.3) is 0 Å². The summed E-state index contributed by atoms with van der Waals surface area (Å²) in [5, 5.41) is 12.8. The Labute approximate surface area is 117 Å². The van der Waals surface area contributed by atoms with Gasteiger partial charge in [-0.25, -0.2) is 0 Å². The van der Waals surface area contributed by atoms with Gasteiger partial charge in [-0.05, 0) is 51.6 Å². The van der Waals surface area contributed by atoms with Crippen molar-refractivity contribution in [2.24, 2.45) is 5.92 Å². The molecule has 19 heavy (non-hydrogen) atoms. The van der Waals surface area contributed by atoms with Crippen molar-refractivity contribution in [1.29, 1.82) is 5.26 Å². The second kappa shape index (κ2) is 6.69. The van der Waals surface area contributed by atoms with E-state index in [4.69, 9.17) is 4.74 Å². The second-order valence-corrected chi connectivity index (χ2v) is 5.98. The number of rotatable bonds is 7. The summed E-state index contributed by atoms with van der Waals surface area (Å²) in [6, 6.07) is 2.54. The molecule has 0 aromatic rings. The highest BCUT2D eigenvalue weighted by Crippen LogP contribution is 2.40. The minimum absolute atomic E-state index is 0.341. The lowest BCUT2D eigenvalue weighted by Crippen LogP contribution is -2.55. The molecule has 1 aliphatic heterocycles. The van der Waals surface area contributed by atoms with Gasteiger partial charge in [-0.15, -0.1) is 0 Å². The van der Waals surface area contributed by atoms with E-state index in [-0.39, 0.29) is 5.54 Å². The van der Waals surface area contributed by atoms with Crippen LogP contribution in [0.2, 0.25) is 0 Å². The van der Waals surface area contributed by atoms with E-state index in [9.17, 15) is 5.26 Å². The number of hydrogen-bond donors (Lipinski definition) is 1. The lowest BCUT2D eigenvalue weighted by atomic mass is 9.93. The molecule has 0 aromatic heterocycles. The Morgan fingerprint density at radius 1 is 1.42 bits per heavy atom. The number of piperidine rings is 1. The molecule has 1 N–H and O–H groups in total. The molecule has 1 aliphatic carbocycles. The van der Waals surface area contributed by atoms with Crippen LogP contribution in [0.5, 0.6) is 0 Å². The van der Waals surface area contributed by atoms with Crippen LogP contribution in [0.3, 0.4) is 0 Å².